The van der Waals surface area contributed by atoms with E-state index < -0.39 is 0 Å². The fourth-order valence-corrected chi connectivity index (χ4v) is 3.23. The molecule has 0 aromatic heterocycles. The number of hydrogen-bond acceptors (Lipinski definition) is 3. The summed E-state index contributed by atoms with van der Waals surface area (Å²) < 4.78 is 5.94. The smallest absolute Gasteiger partial charge is 0.0781 e. The zero-order valence-electron chi connectivity index (χ0n) is 11.8. The molecule has 3 unspecified atom stereocenters. The maximum atomic E-state index is 5.94. The summed E-state index contributed by atoms with van der Waals surface area (Å²) in [6, 6.07) is 1.27. The fraction of sp³-hybridized carbons (Fsp3) is 1.00. The van der Waals surface area contributed by atoms with Crippen LogP contribution >= 0.6 is 0 Å². The summed E-state index contributed by atoms with van der Waals surface area (Å²) >= 11 is 0. The molecule has 0 spiro atoms. The molecule has 0 saturated carbocycles. The van der Waals surface area contributed by atoms with Crippen LogP contribution in [0.25, 0.3) is 0 Å². The SMILES string of the molecule is CC1CN(CC2(C)CCCO2)C(C(C)C)CN1. The molecule has 2 aliphatic rings. The van der Waals surface area contributed by atoms with Crippen molar-refractivity contribution in [2.45, 2.75) is 58.2 Å². The van der Waals surface area contributed by atoms with E-state index in [0.717, 1.165) is 26.2 Å². The Bertz CT molecular complexity index is 249. The van der Waals surface area contributed by atoms with Crippen LogP contribution in [0.5, 0.6) is 0 Å². The lowest BCUT2D eigenvalue weighted by Gasteiger charge is -2.44. The van der Waals surface area contributed by atoms with Gasteiger partial charge in [-0.1, -0.05) is 13.8 Å². The van der Waals surface area contributed by atoms with Gasteiger partial charge >= 0.3 is 0 Å². The Labute approximate surface area is 106 Å². The number of hydrogen-bond donors (Lipinski definition) is 1. The van der Waals surface area contributed by atoms with E-state index in [1.807, 2.05) is 0 Å². The maximum absolute atomic E-state index is 5.94. The fourth-order valence-electron chi connectivity index (χ4n) is 3.23. The summed E-state index contributed by atoms with van der Waals surface area (Å²) in [5.74, 6) is 0.708. The Kier molecular flexibility index (Phi) is 4.11. The van der Waals surface area contributed by atoms with E-state index in [9.17, 15) is 0 Å². The predicted molar refractivity (Wildman–Crippen MR) is 71.3 cm³/mol. The zero-order chi connectivity index (χ0) is 12.5. The van der Waals surface area contributed by atoms with Crippen LogP contribution in [-0.2, 0) is 4.74 Å². The van der Waals surface area contributed by atoms with Crippen molar-refractivity contribution in [2.75, 3.05) is 26.2 Å². The molecule has 0 radical (unpaired) electrons. The van der Waals surface area contributed by atoms with Crippen LogP contribution in [-0.4, -0.2) is 48.8 Å². The third kappa shape index (κ3) is 3.21. The summed E-state index contributed by atoms with van der Waals surface area (Å²) in [5.41, 5.74) is 0.101. The highest BCUT2D eigenvalue weighted by Gasteiger charge is 2.36. The van der Waals surface area contributed by atoms with Gasteiger partial charge in [0, 0.05) is 38.3 Å². The second-order valence-corrected chi connectivity index (χ2v) is 6.45. The monoisotopic (exact) mass is 240 g/mol. The summed E-state index contributed by atoms with van der Waals surface area (Å²) in [4.78, 5) is 2.65. The number of ether oxygens (including phenoxy) is 1. The lowest BCUT2D eigenvalue weighted by Crippen LogP contribution is -2.60. The molecule has 0 bridgehead atoms. The topological polar surface area (TPSA) is 24.5 Å². The Morgan fingerprint density at radius 3 is 2.82 bits per heavy atom. The molecule has 2 fully saturated rings. The van der Waals surface area contributed by atoms with Crippen LogP contribution in [0.1, 0.15) is 40.5 Å². The minimum atomic E-state index is 0.101. The third-order valence-corrected chi connectivity index (χ3v) is 4.26. The van der Waals surface area contributed by atoms with Crippen molar-refractivity contribution in [1.82, 2.24) is 10.2 Å². The van der Waals surface area contributed by atoms with Crippen molar-refractivity contribution in [3.63, 3.8) is 0 Å². The van der Waals surface area contributed by atoms with Crippen LogP contribution in [0.3, 0.4) is 0 Å². The van der Waals surface area contributed by atoms with Gasteiger partial charge in [-0.15, -0.1) is 0 Å². The summed E-state index contributed by atoms with van der Waals surface area (Å²) in [7, 11) is 0. The number of nitrogens with zero attached hydrogens (tertiary/aromatic N) is 1. The molecule has 17 heavy (non-hydrogen) atoms. The minimum absolute atomic E-state index is 0.101. The second-order valence-electron chi connectivity index (χ2n) is 6.45. The quantitative estimate of drug-likeness (QED) is 0.815. The highest BCUT2D eigenvalue weighted by Crippen LogP contribution is 2.28. The van der Waals surface area contributed by atoms with Crippen molar-refractivity contribution in [2.24, 2.45) is 5.92 Å². The Balaban J connectivity index is 1.99. The molecule has 0 aliphatic carbocycles. The van der Waals surface area contributed by atoms with E-state index in [1.54, 1.807) is 0 Å². The summed E-state index contributed by atoms with van der Waals surface area (Å²) in [6.45, 7) is 13.5. The molecule has 1 N–H and O–H groups in total. The summed E-state index contributed by atoms with van der Waals surface area (Å²) in [6.07, 6.45) is 2.45. The second kappa shape index (κ2) is 5.25. The van der Waals surface area contributed by atoms with E-state index in [-0.39, 0.29) is 5.60 Å². The lowest BCUT2D eigenvalue weighted by atomic mass is 9.95. The third-order valence-electron chi connectivity index (χ3n) is 4.26. The van der Waals surface area contributed by atoms with Crippen molar-refractivity contribution in [3.05, 3.63) is 0 Å². The molecule has 3 heteroatoms. The average Bonchev–Trinajstić information content (AvgIpc) is 2.64. The van der Waals surface area contributed by atoms with Crippen molar-refractivity contribution in [1.29, 1.82) is 0 Å². The molecular formula is C14H28N2O. The first-order valence-electron chi connectivity index (χ1n) is 7.11. The number of piperazine rings is 1. The molecule has 2 saturated heterocycles. The van der Waals surface area contributed by atoms with Crippen LogP contribution in [0.4, 0.5) is 0 Å². The van der Waals surface area contributed by atoms with E-state index in [1.165, 1.54) is 12.8 Å². The predicted octanol–water partition coefficient (Wildman–Crippen LogP) is 1.87. The average molecular weight is 240 g/mol. The molecule has 3 atom stereocenters. The first kappa shape index (κ1) is 13.3. The van der Waals surface area contributed by atoms with Crippen molar-refractivity contribution in [3.8, 4) is 0 Å². The van der Waals surface area contributed by atoms with Gasteiger partial charge in [0.15, 0.2) is 0 Å². The first-order chi connectivity index (χ1) is 8.00. The van der Waals surface area contributed by atoms with Crippen LogP contribution in [0, 0.1) is 5.92 Å². The van der Waals surface area contributed by atoms with Crippen molar-refractivity contribution < 1.29 is 4.74 Å². The van der Waals surface area contributed by atoms with Crippen LogP contribution in [0.15, 0.2) is 0 Å². The van der Waals surface area contributed by atoms with Gasteiger partial charge in [0.05, 0.1) is 5.60 Å². The van der Waals surface area contributed by atoms with Crippen LogP contribution < -0.4 is 5.32 Å². The largest absolute Gasteiger partial charge is 0.374 e. The van der Waals surface area contributed by atoms with Gasteiger partial charge in [-0.3, -0.25) is 4.90 Å². The molecule has 2 heterocycles. The van der Waals surface area contributed by atoms with Gasteiger partial charge in [0.25, 0.3) is 0 Å². The molecule has 0 amide bonds. The van der Waals surface area contributed by atoms with E-state index in [2.05, 4.69) is 37.9 Å². The van der Waals surface area contributed by atoms with Gasteiger partial charge < -0.3 is 10.1 Å². The van der Waals surface area contributed by atoms with Crippen LogP contribution in [0.2, 0.25) is 0 Å². The van der Waals surface area contributed by atoms with E-state index in [0.29, 0.717) is 18.0 Å². The molecule has 0 aromatic rings. The summed E-state index contributed by atoms with van der Waals surface area (Å²) in [5, 5.41) is 3.60. The first-order valence-corrected chi connectivity index (χ1v) is 7.11. The van der Waals surface area contributed by atoms with Gasteiger partial charge in [-0.2, -0.15) is 0 Å². The highest BCUT2D eigenvalue weighted by atomic mass is 16.5. The Morgan fingerprint density at radius 2 is 2.24 bits per heavy atom. The zero-order valence-corrected chi connectivity index (χ0v) is 11.8. The van der Waals surface area contributed by atoms with Crippen molar-refractivity contribution >= 4 is 0 Å². The number of rotatable bonds is 3. The van der Waals surface area contributed by atoms with Gasteiger partial charge in [0.2, 0.25) is 0 Å². The number of nitrogens with one attached hydrogen (secondary N) is 1. The maximum Gasteiger partial charge on any atom is 0.0781 e. The molecule has 3 nitrogen and oxygen atoms in total. The molecular weight excluding hydrogens is 212 g/mol. The van der Waals surface area contributed by atoms with E-state index in [4.69, 9.17) is 4.74 Å². The lowest BCUT2D eigenvalue weighted by molar-refractivity contribution is -0.0331. The minimum Gasteiger partial charge on any atom is -0.374 e. The van der Waals surface area contributed by atoms with Gasteiger partial charge in [0.1, 0.15) is 0 Å². The normalized spacial score (nSPS) is 40.1. The van der Waals surface area contributed by atoms with E-state index >= 15 is 0 Å². The van der Waals surface area contributed by atoms with Gasteiger partial charge in [-0.25, -0.2) is 0 Å². The Hall–Kier alpha value is -0.120. The van der Waals surface area contributed by atoms with Gasteiger partial charge in [-0.05, 0) is 32.6 Å². The molecule has 100 valence electrons. The standard InChI is InChI=1S/C14H28N2O/c1-11(2)13-8-15-12(3)9-16(13)10-14(4)6-5-7-17-14/h11-13,15H,5-10H2,1-4H3. The molecule has 2 rings (SSSR count). The molecule has 0 aromatic carbocycles. The Morgan fingerprint density at radius 1 is 1.47 bits per heavy atom. The highest BCUT2D eigenvalue weighted by molar-refractivity contribution is 4.92. The molecule has 2 aliphatic heterocycles.